The van der Waals surface area contributed by atoms with Gasteiger partial charge in [0.2, 0.25) is 0 Å². The molecule has 0 spiro atoms. The smallest absolute Gasteiger partial charge is 0.0897 e. The monoisotopic (exact) mass is 166 g/mol. The minimum Gasteiger partial charge on any atom is -0.255 e. The largest absolute Gasteiger partial charge is 0.255 e. The van der Waals surface area contributed by atoms with Gasteiger partial charge in [-0.05, 0) is 12.3 Å². The SMILES string of the molecule is C=C(C)F.CC(C)(C)C.CF. The predicted octanol–water partition coefficient (Wildman–Crippen LogP) is 4.13. The Labute approximate surface area is 69.3 Å². The van der Waals surface area contributed by atoms with E-state index in [2.05, 4.69) is 34.3 Å². The number of hydrogen-bond donors (Lipinski definition) is 0. The first-order valence-electron chi connectivity index (χ1n) is 3.42. The van der Waals surface area contributed by atoms with Crippen LogP contribution in [-0.4, -0.2) is 7.18 Å². The third kappa shape index (κ3) is 3470. The van der Waals surface area contributed by atoms with E-state index in [1.165, 1.54) is 6.92 Å². The van der Waals surface area contributed by atoms with Gasteiger partial charge in [-0.1, -0.05) is 34.3 Å². The lowest BCUT2D eigenvalue weighted by atomic mass is 10.0. The van der Waals surface area contributed by atoms with Gasteiger partial charge in [0.25, 0.3) is 0 Å². The molecular formula is C9H20F2. The number of hydrogen-bond acceptors (Lipinski definition) is 0. The van der Waals surface area contributed by atoms with Crippen LogP contribution in [0.1, 0.15) is 34.6 Å². The van der Waals surface area contributed by atoms with Crippen LogP contribution >= 0.6 is 0 Å². The van der Waals surface area contributed by atoms with Crippen LogP contribution in [0, 0.1) is 5.41 Å². The summed E-state index contributed by atoms with van der Waals surface area (Å²) in [4.78, 5) is 0. The lowest BCUT2D eigenvalue weighted by molar-refractivity contribution is 0.469. The molecule has 0 bridgehead atoms. The Morgan fingerprint density at radius 1 is 1.09 bits per heavy atom. The quantitative estimate of drug-likeness (QED) is 0.507. The number of rotatable bonds is 0. The van der Waals surface area contributed by atoms with Crippen molar-refractivity contribution in [2.45, 2.75) is 34.6 Å². The van der Waals surface area contributed by atoms with Gasteiger partial charge in [-0.2, -0.15) is 0 Å². The fourth-order valence-electron chi connectivity index (χ4n) is 0. The highest BCUT2D eigenvalue weighted by molar-refractivity contribution is 4.68. The summed E-state index contributed by atoms with van der Waals surface area (Å²) in [5, 5.41) is 0. The molecule has 0 heterocycles. The average Bonchev–Trinajstić information content (AvgIpc) is 1.63. The maximum atomic E-state index is 10.8. The first-order valence-corrected chi connectivity index (χ1v) is 3.42. The summed E-state index contributed by atoms with van der Waals surface area (Å²) in [6.45, 7) is 12.9. The molecular weight excluding hydrogens is 146 g/mol. The molecule has 0 aromatic carbocycles. The Balaban J connectivity index is -0.0000000965. The van der Waals surface area contributed by atoms with E-state index < -0.39 is 0 Å². The highest BCUT2D eigenvalue weighted by Gasteiger charge is 1.95. The molecule has 0 saturated heterocycles. The van der Waals surface area contributed by atoms with Gasteiger partial charge in [-0.25, -0.2) is 4.39 Å². The Kier molecular flexibility index (Phi) is 14.8. The van der Waals surface area contributed by atoms with Crippen LogP contribution in [0.2, 0.25) is 0 Å². The second kappa shape index (κ2) is 9.60. The Morgan fingerprint density at radius 3 is 1.09 bits per heavy atom. The van der Waals surface area contributed by atoms with E-state index in [4.69, 9.17) is 0 Å². The Hall–Kier alpha value is -0.400. The minimum absolute atomic E-state index is 0.333. The van der Waals surface area contributed by atoms with Crippen molar-refractivity contribution in [3.63, 3.8) is 0 Å². The highest BCUT2D eigenvalue weighted by atomic mass is 19.1. The molecule has 70 valence electrons. The summed E-state index contributed by atoms with van der Waals surface area (Å²) >= 11 is 0. The Bertz CT molecular complexity index is 70.1. The van der Waals surface area contributed by atoms with Gasteiger partial charge >= 0.3 is 0 Å². The molecule has 0 saturated carbocycles. The molecule has 0 aliphatic rings. The van der Waals surface area contributed by atoms with Crippen LogP contribution in [0.4, 0.5) is 8.78 Å². The van der Waals surface area contributed by atoms with Crippen molar-refractivity contribution in [3.8, 4) is 0 Å². The van der Waals surface area contributed by atoms with Crippen molar-refractivity contribution in [3.05, 3.63) is 12.4 Å². The third-order valence-corrected chi connectivity index (χ3v) is 0. The van der Waals surface area contributed by atoms with E-state index in [0.29, 0.717) is 12.6 Å². The molecule has 0 nitrogen and oxygen atoms in total. The van der Waals surface area contributed by atoms with Gasteiger partial charge in [0.1, 0.15) is 0 Å². The highest BCUT2D eigenvalue weighted by Crippen LogP contribution is 2.07. The van der Waals surface area contributed by atoms with Crippen molar-refractivity contribution in [1.29, 1.82) is 0 Å². The summed E-state index contributed by atoms with van der Waals surface area (Å²) in [5.74, 6) is -0.333. The second-order valence-corrected chi connectivity index (χ2v) is 3.68. The minimum atomic E-state index is -0.333. The third-order valence-electron chi connectivity index (χ3n) is 0. The van der Waals surface area contributed by atoms with E-state index in [-0.39, 0.29) is 5.83 Å². The van der Waals surface area contributed by atoms with Crippen LogP contribution in [-0.2, 0) is 0 Å². The van der Waals surface area contributed by atoms with Crippen molar-refractivity contribution in [1.82, 2.24) is 0 Å². The van der Waals surface area contributed by atoms with E-state index in [1.807, 2.05) is 0 Å². The van der Waals surface area contributed by atoms with Crippen LogP contribution in [0.3, 0.4) is 0 Å². The maximum Gasteiger partial charge on any atom is 0.0897 e. The molecule has 0 aliphatic heterocycles. The van der Waals surface area contributed by atoms with E-state index in [9.17, 15) is 8.78 Å². The molecule has 0 unspecified atom stereocenters. The lowest BCUT2D eigenvalue weighted by Gasteiger charge is -2.05. The second-order valence-electron chi connectivity index (χ2n) is 3.68. The lowest BCUT2D eigenvalue weighted by Crippen LogP contribution is -1.93. The molecule has 0 fully saturated rings. The van der Waals surface area contributed by atoms with Gasteiger partial charge in [0.15, 0.2) is 0 Å². The van der Waals surface area contributed by atoms with Crippen molar-refractivity contribution < 1.29 is 8.78 Å². The molecule has 0 aromatic rings. The topological polar surface area (TPSA) is 0 Å². The van der Waals surface area contributed by atoms with Crippen molar-refractivity contribution >= 4 is 0 Å². The zero-order chi connectivity index (χ0) is 10.1. The molecule has 11 heavy (non-hydrogen) atoms. The predicted molar refractivity (Wildman–Crippen MR) is 48.1 cm³/mol. The number of allylic oxidation sites excluding steroid dienone is 1. The van der Waals surface area contributed by atoms with Gasteiger partial charge in [0.05, 0.1) is 13.0 Å². The molecule has 0 amide bonds. The standard InChI is InChI=1S/C5H12.C3H5F.CH3F/c1-5(2,3)4;1-3(2)4;1-2/h1-4H3;1H2,2H3;1H3. The summed E-state index contributed by atoms with van der Waals surface area (Å²) in [6, 6.07) is 0. The van der Waals surface area contributed by atoms with Crippen molar-refractivity contribution in [2.24, 2.45) is 5.41 Å². The summed E-state index contributed by atoms with van der Waals surface area (Å²) in [7, 11) is 0.500. The van der Waals surface area contributed by atoms with Gasteiger partial charge in [-0.15, -0.1) is 0 Å². The normalized spacial score (nSPS) is 8.36. The van der Waals surface area contributed by atoms with Crippen LogP contribution in [0.5, 0.6) is 0 Å². The Morgan fingerprint density at radius 2 is 1.09 bits per heavy atom. The summed E-state index contributed by atoms with van der Waals surface area (Å²) in [5.41, 5.74) is 0.500. The van der Waals surface area contributed by atoms with Gasteiger partial charge in [0, 0.05) is 0 Å². The average molecular weight is 166 g/mol. The van der Waals surface area contributed by atoms with Gasteiger partial charge in [-0.3, -0.25) is 4.39 Å². The first kappa shape index (κ1) is 16.9. The van der Waals surface area contributed by atoms with Crippen LogP contribution < -0.4 is 0 Å². The molecule has 0 atom stereocenters. The number of halogens is 2. The molecule has 0 N–H and O–H groups in total. The zero-order valence-corrected chi connectivity index (χ0v) is 8.46. The van der Waals surface area contributed by atoms with Crippen molar-refractivity contribution in [2.75, 3.05) is 7.18 Å². The fraction of sp³-hybridized carbons (Fsp3) is 0.778. The maximum absolute atomic E-state index is 10.8. The summed E-state index contributed by atoms with van der Waals surface area (Å²) in [6.07, 6.45) is 0. The summed E-state index contributed by atoms with van der Waals surface area (Å²) < 4.78 is 20.3. The molecule has 0 radical (unpaired) electrons. The molecule has 0 rings (SSSR count). The first-order chi connectivity index (χ1) is 4.73. The molecule has 0 aromatic heterocycles. The zero-order valence-electron chi connectivity index (χ0n) is 8.46. The molecule has 2 heteroatoms. The van der Waals surface area contributed by atoms with Crippen LogP contribution in [0.15, 0.2) is 12.4 Å². The van der Waals surface area contributed by atoms with E-state index >= 15 is 0 Å². The van der Waals surface area contributed by atoms with Crippen LogP contribution in [0.25, 0.3) is 0 Å². The fourth-order valence-corrected chi connectivity index (χ4v) is 0. The van der Waals surface area contributed by atoms with Gasteiger partial charge < -0.3 is 0 Å². The number of alkyl halides is 1. The van der Waals surface area contributed by atoms with E-state index in [0.717, 1.165) is 0 Å². The van der Waals surface area contributed by atoms with E-state index in [1.54, 1.807) is 0 Å². The molecule has 0 aliphatic carbocycles.